The summed E-state index contributed by atoms with van der Waals surface area (Å²) in [6, 6.07) is -0.0540. The van der Waals surface area contributed by atoms with Gasteiger partial charge in [0.25, 0.3) is 0 Å². The van der Waals surface area contributed by atoms with Crippen LogP contribution in [0.25, 0.3) is 0 Å². The van der Waals surface area contributed by atoms with Crippen molar-refractivity contribution in [1.29, 1.82) is 0 Å². The highest BCUT2D eigenvalue weighted by atomic mass is 32.1. The maximum atomic E-state index is 12.6. The van der Waals surface area contributed by atoms with Gasteiger partial charge in [-0.25, -0.2) is 9.78 Å². The number of nitrogens with zero attached hydrogens (tertiary/aromatic N) is 2. The van der Waals surface area contributed by atoms with Gasteiger partial charge in [0.05, 0.1) is 29.5 Å². The monoisotopic (exact) mass is 339 g/mol. The first-order valence-corrected chi connectivity index (χ1v) is 9.25. The molecule has 1 N–H and O–H groups in total. The molecule has 2 fully saturated rings. The molecule has 7 heteroatoms. The van der Waals surface area contributed by atoms with Crippen LogP contribution in [-0.2, 0) is 16.0 Å². The number of carbonyl (C=O) groups excluding carboxylic acids is 1. The molecule has 0 aliphatic carbocycles. The Morgan fingerprint density at radius 3 is 2.43 bits per heavy atom. The topological polar surface area (TPSA) is 63.7 Å². The summed E-state index contributed by atoms with van der Waals surface area (Å²) in [6.45, 7) is 5.33. The minimum absolute atomic E-state index is 0.0540. The SMILES string of the molecule is Cc1nc(CNC(=O)N(CC2CCCO2)CC2CCCO2)cs1. The number of hydrogen-bond acceptors (Lipinski definition) is 5. The minimum atomic E-state index is -0.0540. The summed E-state index contributed by atoms with van der Waals surface area (Å²) in [6.07, 6.45) is 4.53. The molecule has 0 saturated carbocycles. The maximum Gasteiger partial charge on any atom is 0.317 e. The predicted octanol–water partition coefficient (Wildman–Crippen LogP) is 2.32. The molecule has 2 amide bonds. The third-order valence-electron chi connectivity index (χ3n) is 4.27. The Balaban J connectivity index is 1.54. The van der Waals surface area contributed by atoms with Gasteiger partial charge in [0, 0.05) is 31.7 Å². The molecule has 128 valence electrons. The second-order valence-electron chi connectivity index (χ2n) is 6.19. The number of ether oxygens (including phenoxy) is 2. The van der Waals surface area contributed by atoms with Gasteiger partial charge in [-0.1, -0.05) is 0 Å². The van der Waals surface area contributed by atoms with Gasteiger partial charge in [0.1, 0.15) is 0 Å². The van der Waals surface area contributed by atoms with E-state index in [1.807, 2.05) is 17.2 Å². The van der Waals surface area contributed by atoms with E-state index in [-0.39, 0.29) is 18.2 Å². The first-order valence-electron chi connectivity index (χ1n) is 8.37. The lowest BCUT2D eigenvalue weighted by atomic mass is 10.2. The number of thiazole rings is 1. The van der Waals surface area contributed by atoms with E-state index < -0.39 is 0 Å². The van der Waals surface area contributed by atoms with Crippen LogP contribution in [0.2, 0.25) is 0 Å². The van der Waals surface area contributed by atoms with Gasteiger partial charge in [-0.3, -0.25) is 0 Å². The predicted molar refractivity (Wildman–Crippen MR) is 88.6 cm³/mol. The molecule has 1 aromatic rings. The summed E-state index contributed by atoms with van der Waals surface area (Å²) in [7, 11) is 0. The van der Waals surface area contributed by atoms with Crippen molar-refractivity contribution < 1.29 is 14.3 Å². The Morgan fingerprint density at radius 2 is 1.96 bits per heavy atom. The van der Waals surface area contributed by atoms with Crippen molar-refractivity contribution in [2.45, 2.75) is 51.4 Å². The largest absolute Gasteiger partial charge is 0.376 e. The fraction of sp³-hybridized carbons (Fsp3) is 0.750. The lowest BCUT2D eigenvalue weighted by Crippen LogP contribution is -2.46. The molecule has 0 aromatic carbocycles. The Hall–Kier alpha value is -1.18. The molecule has 6 nitrogen and oxygen atoms in total. The minimum Gasteiger partial charge on any atom is -0.376 e. The second kappa shape index (κ2) is 8.08. The van der Waals surface area contributed by atoms with Crippen LogP contribution < -0.4 is 5.32 Å². The smallest absolute Gasteiger partial charge is 0.317 e. The van der Waals surface area contributed by atoms with Crippen molar-refractivity contribution in [3.05, 3.63) is 16.1 Å². The van der Waals surface area contributed by atoms with Gasteiger partial charge >= 0.3 is 6.03 Å². The Kier molecular flexibility index (Phi) is 5.85. The van der Waals surface area contributed by atoms with Crippen molar-refractivity contribution in [2.24, 2.45) is 0 Å². The number of aryl methyl sites for hydroxylation is 1. The number of rotatable bonds is 6. The summed E-state index contributed by atoms with van der Waals surface area (Å²) in [5.74, 6) is 0. The van der Waals surface area contributed by atoms with Gasteiger partial charge in [0.15, 0.2) is 0 Å². The van der Waals surface area contributed by atoms with E-state index in [4.69, 9.17) is 9.47 Å². The van der Waals surface area contributed by atoms with Crippen LogP contribution in [0.1, 0.15) is 36.4 Å². The summed E-state index contributed by atoms with van der Waals surface area (Å²) in [5, 5.41) is 5.98. The van der Waals surface area contributed by atoms with Gasteiger partial charge in [-0.2, -0.15) is 0 Å². The fourth-order valence-corrected chi connectivity index (χ4v) is 3.69. The van der Waals surface area contributed by atoms with Gasteiger partial charge in [-0.05, 0) is 32.6 Å². The fourth-order valence-electron chi connectivity index (χ4n) is 3.08. The van der Waals surface area contributed by atoms with Crippen molar-refractivity contribution in [1.82, 2.24) is 15.2 Å². The molecule has 23 heavy (non-hydrogen) atoms. The lowest BCUT2D eigenvalue weighted by Gasteiger charge is -2.27. The molecule has 0 radical (unpaired) electrons. The number of amides is 2. The molecule has 2 atom stereocenters. The summed E-state index contributed by atoms with van der Waals surface area (Å²) < 4.78 is 11.4. The Morgan fingerprint density at radius 1 is 1.30 bits per heavy atom. The normalized spacial score (nSPS) is 24.0. The van der Waals surface area contributed by atoms with E-state index in [9.17, 15) is 4.79 Å². The molecule has 3 heterocycles. The molecular weight excluding hydrogens is 314 g/mol. The van der Waals surface area contributed by atoms with Crippen LogP contribution in [0.3, 0.4) is 0 Å². The molecule has 1 aromatic heterocycles. The van der Waals surface area contributed by atoms with Crippen LogP contribution >= 0.6 is 11.3 Å². The van der Waals surface area contributed by atoms with E-state index in [2.05, 4.69) is 10.3 Å². The quantitative estimate of drug-likeness (QED) is 0.864. The van der Waals surface area contributed by atoms with Crippen LogP contribution in [0, 0.1) is 6.92 Å². The molecule has 0 spiro atoms. The summed E-state index contributed by atoms with van der Waals surface area (Å²) in [4.78, 5) is 18.8. The summed E-state index contributed by atoms with van der Waals surface area (Å²) >= 11 is 1.60. The molecular formula is C16H25N3O3S. The van der Waals surface area contributed by atoms with Gasteiger partial charge < -0.3 is 19.7 Å². The lowest BCUT2D eigenvalue weighted by molar-refractivity contribution is 0.0498. The van der Waals surface area contributed by atoms with Gasteiger partial charge in [-0.15, -0.1) is 11.3 Å². The highest BCUT2D eigenvalue weighted by Crippen LogP contribution is 2.17. The zero-order chi connectivity index (χ0) is 16.1. The van der Waals surface area contributed by atoms with E-state index in [1.54, 1.807) is 11.3 Å². The zero-order valence-corrected chi connectivity index (χ0v) is 14.4. The van der Waals surface area contributed by atoms with E-state index >= 15 is 0 Å². The van der Waals surface area contributed by atoms with Crippen molar-refractivity contribution in [3.63, 3.8) is 0 Å². The third-order valence-corrected chi connectivity index (χ3v) is 5.09. The van der Waals surface area contributed by atoms with Crippen molar-refractivity contribution in [2.75, 3.05) is 26.3 Å². The van der Waals surface area contributed by atoms with Crippen LogP contribution in [0.4, 0.5) is 4.79 Å². The number of hydrogen-bond donors (Lipinski definition) is 1. The Labute approximate surface area is 141 Å². The first kappa shape index (κ1) is 16.7. The first-order chi connectivity index (χ1) is 11.2. The second-order valence-corrected chi connectivity index (χ2v) is 7.25. The number of carbonyl (C=O) groups is 1. The van der Waals surface area contributed by atoms with Crippen LogP contribution in [0.5, 0.6) is 0 Å². The van der Waals surface area contributed by atoms with Crippen molar-refractivity contribution >= 4 is 17.4 Å². The van der Waals surface area contributed by atoms with Crippen molar-refractivity contribution in [3.8, 4) is 0 Å². The average molecular weight is 339 g/mol. The Bertz CT molecular complexity index is 492. The highest BCUT2D eigenvalue weighted by Gasteiger charge is 2.26. The van der Waals surface area contributed by atoms with E-state index in [0.717, 1.165) is 49.6 Å². The standard InChI is InChI=1S/C16H25N3O3S/c1-12-18-13(11-23-12)8-17-16(20)19(9-14-4-2-6-21-14)10-15-5-3-7-22-15/h11,14-15H,2-10H2,1H3,(H,17,20). The number of nitrogens with one attached hydrogen (secondary N) is 1. The molecule has 0 bridgehead atoms. The molecule has 2 aliphatic rings. The zero-order valence-electron chi connectivity index (χ0n) is 13.6. The third kappa shape index (κ3) is 4.89. The van der Waals surface area contributed by atoms with E-state index in [0.29, 0.717) is 19.6 Å². The number of aromatic nitrogens is 1. The highest BCUT2D eigenvalue weighted by molar-refractivity contribution is 7.09. The maximum absolute atomic E-state index is 12.6. The van der Waals surface area contributed by atoms with Crippen LogP contribution in [0.15, 0.2) is 5.38 Å². The molecule has 2 aliphatic heterocycles. The van der Waals surface area contributed by atoms with Gasteiger partial charge in [0.2, 0.25) is 0 Å². The molecule has 3 rings (SSSR count). The summed E-state index contributed by atoms with van der Waals surface area (Å²) in [5.41, 5.74) is 0.912. The van der Waals surface area contributed by atoms with E-state index in [1.165, 1.54) is 0 Å². The average Bonchev–Trinajstić information content (AvgIpc) is 3.27. The van der Waals surface area contributed by atoms with Crippen LogP contribution in [-0.4, -0.2) is 54.4 Å². The number of urea groups is 1. The molecule has 2 unspecified atom stereocenters. The molecule has 2 saturated heterocycles.